The molecule has 0 spiro atoms. The summed E-state index contributed by atoms with van der Waals surface area (Å²) in [6.45, 7) is -0.268. The molecule has 96 valence electrons. The third-order valence-corrected chi connectivity index (χ3v) is 2.40. The van der Waals surface area contributed by atoms with Crippen LogP contribution in [0.3, 0.4) is 0 Å². The Labute approximate surface area is 97.0 Å². The van der Waals surface area contributed by atoms with Gasteiger partial charge in [-0.05, 0) is 30.2 Å². The van der Waals surface area contributed by atoms with E-state index in [1.54, 1.807) is 0 Å². The molecule has 1 atom stereocenters. The summed E-state index contributed by atoms with van der Waals surface area (Å²) >= 11 is 0. The highest BCUT2D eigenvalue weighted by molar-refractivity contribution is 5.39. The van der Waals surface area contributed by atoms with E-state index in [1.165, 1.54) is 19.2 Å². The molecule has 0 aliphatic carbocycles. The molecule has 1 aromatic rings. The smallest absolute Gasteiger partial charge is 0.416 e. The van der Waals surface area contributed by atoms with E-state index in [0.29, 0.717) is 5.75 Å². The summed E-state index contributed by atoms with van der Waals surface area (Å²) in [5, 5.41) is 8.73. The van der Waals surface area contributed by atoms with Crippen LogP contribution in [0.15, 0.2) is 18.2 Å². The molecule has 0 bridgehead atoms. The van der Waals surface area contributed by atoms with Gasteiger partial charge in [-0.2, -0.15) is 13.2 Å². The highest BCUT2D eigenvalue weighted by Crippen LogP contribution is 2.36. The van der Waals surface area contributed by atoms with Crippen molar-refractivity contribution in [3.05, 3.63) is 29.3 Å². The minimum Gasteiger partial charge on any atom is -0.497 e. The largest absolute Gasteiger partial charge is 0.497 e. The molecule has 0 radical (unpaired) electrons. The molecule has 0 fully saturated rings. The van der Waals surface area contributed by atoms with Gasteiger partial charge in [-0.15, -0.1) is 0 Å². The summed E-state index contributed by atoms with van der Waals surface area (Å²) < 4.78 is 43.0. The Morgan fingerprint density at radius 1 is 1.41 bits per heavy atom. The predicted octanol–water partition coefficient (Wildman–Crippen LogP) is 2.10. The second kappa shape index (κ2) is 5.37. The van der Waals surface area contributed by atoms with Crippen molar-refractivity contribution in [1.82, 2.24) is 0 Å². The third-order valence-electron chi connectivity index (χ3n) is 2.40. The van der Waals surface area contributed by atoms with Crippen LogP contribution in [0.2, 0.25) is 0 Å². The van der Waals surface area contributed by atoms with Crippen molar-refractivity contribution in [3.8, 4) is 5.75 Å². The number of hydrogen-bond donors (Lipinski definition) is 2. The highest BCUT2D eigenvalue weighted by Gasteiger charge is 2.34. The van der Waals surface area contributed by atoms with Gasteiger partial charge in [0.1, 0.15) is 5.75 Å². The fourth-order valence-electron chi connectivity index (χ4n) is 1.53. The normalized spacial score (nSPS) is 13.5. The number of ether oxygens (including phenoxy) is 1. The predicted molar refractivity (Wildman–Crippen MR) is 56.6 cm³/mol. The fraction of sp³-hybridized carbons (Fsp3) is 0.455. The van der Waals surface area contributed by atoms with Gasteiger partial charge >= 0.3 is 6.18 Å². The van der Waals surface area contributed by atoms with Gasteiger partial charge in [0.05, 0.1) is 12.7 Å². The number of halogens is 3. The molecule has 1 rings (SSSR count). The van der Waals surface area contributed by atoms with Crippen molar-refractivity contribution in [2.45, 2.75) is 18.6 Å². The van der Waals surface area contributed by atoms with Crippen LogP contribution in [0.1, 0.15) is 23.6 Å². The topological polar surface area (TPSA) is 55.5 Å². The number of nitrogens with two attached hydrogens (primary N) is 1. The van der Waals surface area contributed by atoms with Crippen molar-refractivity contribution >= 4 is 0 Å². The Morgan fingerprint density at radius 2 is 2.06 bits per heavy atom. The van der Waals surface area contributed by atoms with Crippen LogP contribution in [-0.4, -0.2) is 18.8 Å². The average molecular weight is 249 g/mol. The van der Waals surface area contributed by atoms with Crippen molar-refractivity contribution < 1.29 is 23.0 Å². The number of aliphatic hydroxyl groups is 1. The van der Waals surface area contributed by atoms with Crippen LogP contribution >= 0.6 is 0 Å². The van der Waals surface area contributed by atoms with Gasteiger partial charge in [0.25, 0.3) is 0 Å². The molecule has 17 heavy (non-hydrogen) atoms. The number of alkyl halides is 3. The number of rotatable bonds is 4. The van der Waals surface area contributed by atoms with Crippen molar-refractivity contribution in [1.29, 1.82) is 0 Å². The van der Waals surface area contributed by atoms with E-state index in [-0.39, 0.29) is 18.6 Å². The molecule has 0 aliphatic heterocycles. The number of hydrogen-bond acceptors (Lipinski definition) is 3. The second-order valence-corrected chi connectivity index (χ2v) is 3.57. The van der Waals surface area contributed by atoms with E-state index in [2.05, 4.69) is 0 Å². The second-order valence-electron chi connectivity index (χ2n) is 3.57. The van der Waals surface area contributed by atoms with Gasteiger partial charge in [0, 0.05) is 12.6 Å². The van der Waals surface area contributed by atoms with Gasteiger partial charge in [-0.3, -0.25) is 0 Å². The zero-order chi connectivity index (χ0) is 13.1. The van der Waals surface area contributed by atoms with Crippen LogP contribution in [0.5, 0.6) is 5.75 Å². The molecule has 3 N–H and O–H groups in total. The van der Waals surface area contributed by atoms with Gasteiger partial charge < -0.3 is 15.6 Å². The minimum absolute atomic E-state index is 0.0640. The summed E-state index contributed by atoms with van der Waals surface area (Å²) in [4.78, 5) is 0. The molecule has 6 heteroatoms. The van der Waals surface area contributed by atoms with E-state index in [0.717, 1.165) is 6.07 Å². The van der Waals surface area contributed by atoms with E-state index in [1.807, 2.05) is 0 Å². The fourth-order valence-corrected chi connectivity index (χ4v) is 1.53. The van der Waals surface area contributed by atoms with Gasteiger partial charge in [-0.25, -0.2) is 0 Å². The van der Waals surface area contributed by atoms with Gasteiger partial charge in [0.15, 0.2) is 0 Å². The van der Waals surface area contributed by atoms with Crippen molar-refractivity contribution in [3.63, 3.8) is 0 Å². The lowest BCUT2D eigenvalue weighted by molar-refractivity contribution is -0.138. The lowest BCUT2D eigenvalue weighted by Crippen LogP contribution is -2.18. The van der Waals surface area contributed by atoms with E-state index in [4.69, 9.17) is 15.6 Å². The molecular weight excluding hydrogens is 235 g/mol. The Kier molecular flexibility index (Phi) is 4.36. The van der Waals surface area contributed by atoms with E-state index < -0.39 is 17.8 Å². The quantitative estimate of drug-likeness (QED) is 0.859. The maximum Gasteiger partial charge on any atom is 0.416 e. The molecule has 0 unspecified atom stereocenters. The summed E-state index contributed by atoms with van der Waals surface area (Å²) in [5.41, 5.74) is 4.75. The molecule has 0 aliphatic rings. The Balaban J connectivity index is 3.21. The maximum atomic E-state index is 12.7. The van der Waals surface area contributed by atoms with E-state index >= 15 is 0 Å². The van der Waals surface area contributed by atoms with Gasteiger partial charge in [0.2, 0.25) is 0 Å². The van der Waals surface area contributed by atoms with Crippen LogP contribution in [0.25, 0.3) is 0 Å². The standard InChI is InChI=1S/C11H14F3NO2/c1-17-7-2-3-9(11(12,13)14)8(6-7)10(15)4-5-16/h2-3,6,10,16H,4-5,15H2,1H3/t10-/m1/s1. The number of benzene rings is 1. The minimum atomic E-state index is -4.46. The number of aliphatic hydroxyl groups excluding tert-OH is 1. The Morgan fingerprint density at radius 3 is 2.53 bits per heavy atom. The van der Waals surface area contributed by atoms with Gasteiger partial charge in [-0.1, -0.05) is 0 Å². The SMILES string of the molecule is COc1ccc(C(F)(F)F)c([C@H](N)CCO)c1. The maximum absolute atomic E-state index is 12.7. The molecular formula is C11H14F3NO2. The first kappa shape index (κ1) is 13.8. The first-order valence-electron chi connectivity index (χ1n) is 5.01. The molecule has 0 saturated heterocycles. The Bertz CT molecular complexity index is 379. The molecule has 0 saturated carbocycles. The first-order valence-corrected chi connectivity index (χ1v) is 5.01. The van der Waals surface area contributed by atoms with Crippen LogP contribution in [0, 0.1) is 0 Å². The lowest BCUT2D eigenvalue weighted by atomic mass is 9.98. The monoisotopic (exact) mass is 249 g/mol. The van der Waals surface area contributed by atoms with Crippen LogP contribution in [-0.2, 0) is 6.18 Å². The third kappa shape index (κ3) is 3.34. The lowest BCUT2D eigenvalue weighted by Gasteiger charge is -2.18. The van der Waals surface area contributed by atoms with E-state index in [9.17, 15) is 13.2 Å². The van der Waals surface area contributed by atoms with Crippen molar-refractivity contribution in [2.75, 3.05) is 13.7 Å². The average Bonchev–Trinajstić information content (AvgIpc) is 2.27. The summed E-state index contributed by atoms with van der Waals surface area (Å²) in [6.07, 6.45) is -4.40. The molecule has 0 amide bonds. The zero-order valence-corrected chi connectivity index (χ0v) is 9.29. The summed E-state index contributed by atoms with van der Waals surface area (Å²) in [5.74, 6) is 0.307. The van der Waals surface area contributed by atoms with Crippen LogP contribution in [0.4, 0.5) is 13.2 Å². The molecule has 3 nitrogen and oxygen atoms in total. The first-order chi connectivity index (χ1) is 7.90. The molecule has 0 aromatic heterocycles. The number of methoxy groups -OCH3 is 1. The summed E-state index contributed by atoms with van der Waals surface area (Å²) in [7, 11) is 1.37. The highest BCUT2D eigenvalue weighted by atomic mass is 19.4. The van der Waals surface area contributed by atoms with Crippen molar-refractivity contribution in [2.24, 2.45) is 5.73 Å². The molecule has 1 aromatic carbocycles. The summed E-state index contributed by atoms with van der Waals surface area (Å²) in [6, 6.07) is 2.55. The molecule has 0 heterocycles. The Hall–Kier alpha value is -1.27. The van der Waals surface area contributed by atoms with Crippen LogP contribution < -0.4 is 10.5 Å². The zero-order valence-electron chi connectivity index (χ0n) is 9.29.